The molecule has 1 atom stereocenters. The summed E-state index contributed by atoms with van der Waals surface area (Å²) in [7, 11) is 0. The number of nitrogens with one attached hydrogen (secondary N) is 1. The molecule has 4 rings (SSSR count). The van der Waals surface area contributed by atoms with E-state index in [4.69, 9.17) is 4.74 Å². The molecule has 1 N–H and O–H groups in total. The van der Waals surface area contributed by atoms with E-state index in [9.17, 15) is 4.79 Å². The van der Waals surface area contributed by atoms with Gasteiger partial charge in [-0.2, -0.15) is 9.78 Å². The molecule has 0 radical (unpaired) electrons. The largest absolute Gasteiger partial charge is 0.493 e. The number of amides is 1. The lowest BCUT2D eigenvalue weighted by atomic mass is 9.90. The molecule has 0 saturated carbocycles. The molecule has 1 unspecified atom stereocenters. The number of fused-ring (bicyclic) bond motifs is 1. The Morgan fingerprint density at radius 2 is 2.15 bits per heavy atom. The number of hydrogen-bond acceptors (Lipinski definition) is 4. The van der Waals surface area contributed by atoms with Gasteiger partial charge >= 0.3 is 0 Å². The fourth-order valence-electron chi connectivity index (χ4n) is 3.26. The van der Waals surface area contributed by atoms with Crippen molar-refractivity contribution in [3.05, 3.63) is 66.0 Å². The molecule has 0 bridgehead atoms. The fourth-order valence-corrected chi connectivity index (χ4v) is 3.26. The van der Waals surface area contributed by atoms with Crippen LogP contribution in [0.3, 0.4) is 0 Å². The van der Waals surface area contributed by atoms with Crippen LogP contribution in [0.5, 0.6) is 5.75 Å². The van der Waals surface area contributed by atoms with Crippen LogP contribution in [-0.4, -0.2) is 27.3 Å². The van der Waals surface area contributed by atoms with Crippen LogP contribution in [0, 0.1) is 6.92 Å². The van der Waals surface area contributed by atoms with Crippen molar-refractivity contribution in [3.8, 4) is 11.6 Å². The monoisotopic (exact) mass is 348 g/mol. The lowest BCUT2D eigenvalue weighted by molar-refractivity contribution is -0.116. The highest BCUT2D eigenvalue weighted by molar-refractivity contribution is 5.90. The van der Waals surface area contributed by atoms with Gasteiger partial charge in [0.2, 0.25) is 5.91 Å². The second-order valence-electron chi connectivity index (χ2n) is 6.44. The van der Waals surface area contributed by atoms with Crippen LogP contribution in [-0.2, 0) is 4.79 Å². The molecular formula is C20H20N4O2. The maximum atomic E-state index is 12.6. The molecule has 1 amide bonds. The second-order valence-corrected chi connectivity index (χ2v) is 6.44. The number of nitrogens with zero attached hydrogens (tertiary/aromatic N) is 3. The molecule has 1 aromatic carbocycles. The number of carbonyl (C=O) groups excluding carboxylic acids is 1. The number of ether oxygens (including phenoxy) is 1. The summed E-state index contributed by atoms with van der Waals surface area (Å²) >= 11 is 0. The Kier molecular flexibility index (Phi) is 4.39. The number of carbonyl (C=O) groups is 1. The number of aromatic nitrogens is 3. The van der Waals surface area contributed by atoms with Crippen molar-refractivity contribution in [1.29, 1.82) is 0 Å². The summed E-state index contributed by atoms with van der Waals surface area (Å²) in [4.78, 5) is 17.0. The van der Waals surface area contributed by atoms with Gasteiger partial charge in [0.25, 0.3) is 0 Å². The van der Waals surface area contributed by atoms with E-state index in [1.54, 1.807) is 23.1 Å². The van der Waals surface area contributed by atoms with Crippen molar-refractivity contribution < 1.29 is 9.53 Å². The molecular weight excluding hydrogens is 328 g/mol. The van der Waals surface area contributed by atoms with Crippen LogP contribution in [0.4, 0.5) is 5.82 Å². The van der Waals surface area contributed by atoms with Gasteiger partial charge in [0.1, 0.15) is 11.6 Å². The number of aryl methyl sites for hydroxylation is 1. The van der Waals surface area contributed by atoms with E-state index in [1.165, 1.54) is 0 Å². The first-order chi connectivity index (χ1) is 12.7. The number of para-hydroxylation sites is 1. The lowest BCUT2D eigenvalue weighted by Gasteiger charge is -2.25. The topological polar surface area (TPSA) is 69.0 Å². The van der Waals surface area contributed by atoms with Crippen molar-refractivity contribution in [2.75, 3.05) is 11.9 Å². The Balaban J connectivity index is 1.50. The lowest BCUT2D eigenvalue weighted by Crippen LogP contribution is -2.21. The van der Waals surface area contributed by atoms with Gasteiger partial charge in [0, 0.05) is 18.7 Å². The molecule has 3 aromatic rings. The number of hydrogen-bond donors (Lipinski definition) is 1. The third-order valence-corrected chi connectivity index (χ3v) is 4.54. The number of rotatable bonds is 4. The van der Waals surface area contributed by atoms with E-state index in [0.29, 0.717) is 24.7 Å². The quantitative estimate of drug-likeness (QED) is 0.784. The smallest absolute Gasteiger partial charge is 0.226 e. The van der Waals surface area contributed by atoms with Crippen molar-refractivity contribution in [1.82, 2.24) is 14.8 Å². The summed E-state index contributed by atoms with van der Waals surface area (Å²) in [5.74, 6) is 2.30. The minimum atomic E-state index is -0.0406. The average molecular weight is 348 g/mol. The predicted molar refractivity (Wildman–Crippen MR) is 98.6 cm³/mol. The summed E-state index contributed by atoms with van der Waals surface area (Å²) in [6, 6.07) is 13.6. The Labute approximate surface area is 151 Å². The Hall–Kier alpha value is -3.15. The maximum Gasteiger partial charge on any atom is 0.226 e. The van der Waals surface area contributed by atoms with Gasteiger partial charge in [-0.3, -0.25) is 4.79 Å². The van der Waals surface area contributed by atoms with Crippen LogP contribution < -0.4 is 10.1 Å². The van der Waals surface area contributed by atoms with Crippen LogP contribution in [0.15, 0.2) is 54.9 Å². The highest BCUT2D eigenvalue weighted by Gasteiger charge is 2.24. The number of benzene rings is 1. The molecule has 6 heteroatoms. The summed E-state index contributed by atoms with van der Waals surface area (Å²) in [6.07, 6.45) is 4.64. The molecule has 0 saturated heterocycles. The zero-order chi connectivity index (χ0) is 17.9. The van der Waals surface area contributed by atoms with Crippen LogP contribution in [0.1, 0.15) is 29.9 Å². The Bertz CT molecular complexity index is 935. The van der Waals surface area contributed by atoms with Gasteiger partial charge in [-0.25, -0.2) is 4.98 Å². The highest BCUT2D eigenvalue weighted by Crippen LogP contribution is 2.35. The zero-order valence-electron chi connectivity index (χ0n) is 14.6. The van der Waals surface area contributed by atoms with Crippen molar-refractivity contribution >= 4 is 11.7 Å². The van der Waals surface area contributed by atoms with Gasteiger partial charge in [0.05, 0.1) is 12.8 Å². The zero-order valence-corrected chi connectivity index (χ0v) is 14.6. The minimum absolute atomic E-state index is 0.0406. The molecule has 6 nitrogen and oxygen atoms in total. The van der Waals surface area contributed by atoms with Crippen molar-refractivity contribution in [3.63, 3.8) is 0 Å². The SMILES string of the molecule is Cc1ccnc(-n2nccc2NC(=O)CC2CCOc3ccccc32)c1. The molecule has 2 aromatic heterocycles. The number of pyridine rings is 1. The standard InChI is InChI=1S/C20H20N4O2/c1-14-6-9-21-19(12-14)24-18(7-10-22-24)23-20(25)13-15-8-11-26-17-5-3-2-4-16(15)17/h2-7,9-10,12,15H,8,11,13H2,1H3,(H,23,25). The van der Waals surface area contributed by atoms with Gasteiger partial charge in [-0.15, -0.1) is 0 Å². The normalized spacial score (nSPS) is 15.8. The molecule has 0 aliphatic carbocycles. The summed E-state index contributed by atoms with van der Waals surface area (Å²) < 4.78 is 7.32. The van der Waals surface area contributed by atoms with E-state index in [-0.39, 0.29) is 11.8 Å². The molecule has 0 fully saturated rings. The summed E-state index contributed by atoms with van der Waals surface area (Å²) in [5, 5.41) is 7.25. The van der Waals surface area contributed by atoms with E-state index >= 15 is 0 Å². The van der Waals surface area contributed by atoms with E-state index in [1.807, 2.05) is 43.3 Å². The second kappa shape index (κ2) is 7.00. The third-order valence-electron chi connectivity index (χ3n) is 4.54. The van der Waals surface area contributed by atoms with Crippen LogP contribution in [0.2, 0.25) is 0 Å². The first-order valence-electron chi connectivity index (χ1n) is 8.69. The molecule has 132 valence electrons. The molecule has 3 heterocycles. The summed E-state index contributed by atoms with van der Waals surface area (Å²) in [5.41, 5.74) is 2.18. The van der Waals surface area contributed by atoms with Gasteiger partial charge in [-0.1, -0.05) is 18.2 Å². The predicted octanol–water partition coefficient (Wildman–Crippen LogP) is 3.47. The van der Waals surface area contributed by atoms with E-state index in [0.717, 1.165) is 23.3 Å². The fraction of sp³-hybridized carbons (Fsp3) is 0.250. The molecule has 1 aliphatic rings. The highest BCUT2D eigenvalue weighted by atomic mass is 16.5. The Morgan fingerprint density at radius 1 is 1.27 bits per heavy atom. The van der Waals surface area contributed by atoms with E-state index in [2.05, 4.69) is 15.4 Å². The van der Waals surface area contributed by atoms with Gasteiger partial charge in [-0.05, 0) is 48.6 Å². The third kappa shape index (κ3) is 3.31. The number of anilines is 1. The molecule has 0 spiro atoms. The first-order valence-corrected chi connectivity index (χ1v) is 8.69. The van der Waals surface area contributed by atoms with Crippen molar-refractivity contribution in [2.24, 2.45) is 0 Å². The first kappa shape index (κ1) is 16.3. The van der Waals surface area contributed by atoms with E-state index < -0.39 is 0 Å². The molecule has 26 heavy (non-hydrogen) atoms. The average Bonchev–Trinajstić information content (AvgIpc) is 3.10. The summed E-state index contributed by atoms with van der Waals surface area (Å²) in [6.45, 7) is 2.63. The molecule has 1 aliphatic heterocycles. The van der Waals surface area contributed by atoms with Crippen molar-refractivity contribution in [2.45, 2.75) is 25.7 Å². The van der Waals surface area contributed by atoms with Crippen LogP contribution >= 0.6 is 0 Å². The van der Waals surface area contributed by atoms with Gasteiger partial charge in [0.15, 0.2) is 5.82 Å². The van der Waals surface area contributed by atoms with Gasteiger partial charge < -0.3 is 10.1 Å². The minimum Gasteiger partial charge on any atom is -0.493 e. The maximum absolute atomic E-state index is 12.6. The Morgan fingerprint density at radius 3 is 3.04 bits per heavy atom. The van der Waals surface area contributed by atoms with Crippen LogP contribution in [0.25, 0.3) is 5.82 Å².